The van der Waals surface area contributed by atoms with Crippen molar-refractivity contribution in [3.05, 3.63) is 0 Å². The van der Waals surface area contributed by atoms with Crippen LogP contribution in [0.1, 0.15) is 13.3 Å². The lowest BCUT2D eigenvalue weighted by Gasteiger charge is -2.16. The van der Waals surface area contributed by atoms with Gasteiger partial charge in [0, 0.05) is 18.3 Å². The molecule has 0 aliphatic carbocycles. The highest BCUT2D eigenvalue weighted by atomic mass is 32.2. The number of carbonyl (C=O) groups is 2. The average molecular weight is 321 g/mol. The van der Waals surface area contributed by atoms with Crippen LogP contribution in [0.15, 0.2) is 0 Å². The number of hydrogen-bond donors (Lipinski definition) is 1. The summed E-state index contributed by atoms with van der Waals surface area (Å²) in [7, 11) is -2.91. The van der Waals surface area contributed by atoms with Gasteiger partial charge in [-0.15, -0.1) is 11.8 Å². The molecule has 2 heterocycles. The molecule has 2 aliphatic heterocycles. The highest BCUT2D eigenvalue weighted by Gasteiger charge is 2.37. The van der Waals surface area contributed by atoms with Gasteiger partial charge in [0.25, 0.3) is 0 Å². The fraction of sp³-hybridized carbons (Fsp3) is 0.833. The van der Waals surface area contributed by atoms with Crippen LogP contribution in [0.4, 0.5) is 0 Å². The number of rotatable bonds is 4. The minimum atomic E-state index is -2.91. The first-order valence-electron chi connectivity index (χ1n) is 6.61. The lowest BCUT2D eigenvalue weighted by atomic mass is 9.99. The summed E-state index contributed by atoms with van der Waals surface area (Å²) < 4.78 is 22.7. The van der Waals surface area contributed by atoms with E-state index < -0.39 is 21.7 Å². The van der Waals surface area contributed by atoms with E-state index in [0.29, 0.717) is 13.0 Å². The zero-order chi connectivity index (χ0) is 14.9. The number of carbonyl (C=O) groups excluding carboxylic acids is 1. The van der Waals surface area contributed by atoms with Crippen LogP contribution in [-0.4, -0.2) is 65.9 Å². The molecule has 20 heavy (non-hydrogen) atoms. The zero-order valence-electron chi connectivity index (χ0n) is 11.3. The molecule has 2 fully saturated rings. The second-order valence-corrected chi connectivity index (χ2v) is 9.07. The predicted octanol–water partition coefficient (Wildman–Crippen LogP) is 0.0858. The lowest BCUT2D eigenvalue weighted by molar-refractivity contribution is -0.142. The number of carboxylic acids is 1. The molecule has 1 amide bonds. The van der Waals surface area contributed by atoms with E-state index in [0.717, 1.165) is 0 Å². The molecule has 3 atom stereocenters. The number of amides is 1. The molecule has 0 aromatic carbocycles. The van der Waals surface area contributed by atoms with E-state index in [4.69, 9.17) is 5.11 Å². The first-order valence-corrected chi connectivity index (χ1v) is 9.48. The number of sulfone groups is 1. The lowest BCUT2D eigenvalue weighted by Crippen LogP contribution is -2.32. The SMILES string of the molecule is CC1CN(C(=O)CSC2CCS(=O)(=O)C2)CC1C(=O)O. The van der Waals surface area contributed by atoms with Gasteiger partial charge >= 0.3 is 5.97 Å². The highest BCUT2D eigenvalue weighted by molar-refractivity contribution is 8.02. The van der Waals surface area contributed by atoms with Crippen LogP contribution in [0.25, 0.3) is 0 Å². The average Bonchev–Trinajstić information content (AvgIpc) is 2.89. The summed E-state index contributed by atoms with van der Waals surface area (Å²) in [6, 6.07) is 0. The van der Waals surface area contributed by atoms with E-state index in [1.807, 2.05) is 6.92 Å². The van der Waals surface area contributed by atoms with Gasteiger partial charge in [-0.05, 0) is 12.3 Å². The van der Waals surface area contributed by atoms with E-state index in [1.54, 1.807) is 4.90 Å². The van der Waals surface area contributed by atoms with Crippen molar-refractivity contribution in [2.75, 3.05) is 30.3 Å². The number of aliphatic carboxylic acids is 1. The van der Waals surface area contributed by atoms with E-state index in [-0.39, 0.29) is 40.9 Å². The summed E-state index contributed by atoms with van der Waals surface area (Å²) in [6.07, 6.45) is 0.606. The fourth-order valence-electron chi connectivity index (χ4n) is 2.66. The number of carboxylic acid groups (broad SMARTS) is 1. The second-order valence-electron chi connectivity index (χ2n) is 5.56. The molecular formula is C12H19NO5S2. The van der Waals surface area contributed by atoms with Gasteiger partial charge in [0.15, 0.2) is 9.84 Å². The Kier molecular flexibility index (Phi) is 4.63. The molecule has 0 aromatic rings. The molecule has 0 bridgehead atoms. The van der Waals surface area contributed by atoms with Gasteiger partial charge in [-0.25, -0.2) is 8.42 Å². The Bertz CT molecular complexity index is 504. The van der Waals surface area contributed by atoms with Gasteiger partial charge in [-0.1, -0.05) is 6.92 Å². The van der Waals surface area contributed by atoms with Crippen molar-refractivity contribution in [3.8, 4) is 0 Å². The van der Waals surface area contributed by atoms with Crippen molar-refractivity contribution in [3.63, 3.8) is 0 Å². The van der Waals surface area contributed by atoms with Gasteiger partial charge in [0.05, 0.1) is 23.2 Å². The quantitative estimate of drug-likeness (QED) is 0.789. The molecule has 2 rings (SSSR count). The van der Waals surface area contributed by atoms with E-state index in [9.17, 15) is 18.0 Å². The van der Waals surface area contributed by atoms with Crippen molar-refractivity contribution in [2.24, 2.45) is 11.8 Å². The van der Waals surface area contributed by atoms with Crippen molar-refractivity contribution in [1.29, 1.82) is 0 Å². The van der Waals surface area contributed by atoms with Crippen LogP contribution in [0.3, 0.4) is 0 Å². The number of likely N-dealkylation sites (tertiary alicyclic amines) is 1. The predicted molar refractivity (Wildman–Crippen MR) is 76.4 cm³/mol. The highest BCUT2D eigenvalue weighted by Crippen LogP contribution is 2.27. The fourth-order valence-corrected chi connectivity index (χ4v) is 6.21. The van der Waals surface area contributed by atoms with E-state index in [2.05, 4.69) is 0 Å². The monoisotopic (exact) mass is 321 g/mol. The molecule has 0 radical (unpaired) electrons. The minimum Gasteiger partial charge on any atom is -0.481 e. The Morgan fingerprint density at radius 2 is 2.05 bits per heavy atom. The molecule has 2 saturated heterocycles. The van der Waals surface area contributed by atoms with Gasteiger partial charge < -0.3 is 10.0 Å². The third kappa shape index (κ3) is 3.66. The first kappa shape index (κ1) is 15.6. The Morgan fingerprint density at radius 3 is 2.55 bits per heavy atom. The Labute approximate surface area is 122 Å². The van der Waals surface area contributed by atoms with Crippen molar-refractivity contribution in [1.82, 2.24) is 4.90 Å². The topological polar surface area (TPSA) is 91.8 Å². The summed E-state index contributed by atoms with van der Waals surface area (Å²) in [5.74, 6) is -0.875. The summed E-state index contributed by atoms with van der Waals surface area (Å²) >= 11 is 1.37. The molecule has 0 saturated carbocycles. The van der Waals surface area contributed by atoms with Gasteiger partial charge in [0.2, 0.25) is 5.91 Å². The molecular weight excluding hydrogens is 302 g/mol. The van der Waals surface area contributed by atoms with Crippen LogP contribution >= 0.6 is 11.8 Å². The minimum absolute atomic E-state index is 0.000697. The number of thioether (sulfide) groups is 1. The third-order valence-electron chi connectivity index (χ3n) is 3.92. The third-order valence-corrected chi connectivity index (χ3v) is 7.18. The maximum Gasteiger partial charge on any atom is 0.308 e. The molecule has 0 aromatic heterocycles. The zero-order valence-corrected chi connectivity index (χ0v) is 13.0. The van der Waals surface area contributed by atoms with Crippen LogP contribution < -0.4 is 0 Å². The van der Waals surface area contributed by atoms with Crippen molar-refractivity contribution >= 4 is 33.5 Å². The summed E-state index contributed by atoms with van der Waals surface area (Å²) in [6.45, 7) is 2.57. The summed E-state index contributed by atoms with van der Waals surface area (Å²) in [4.78, 5) is 24.6. The molecule has 3 unspecified atom stereocenters. The second kappa shape index (κ2) is 5.93. The van der Waals surface area contributed by atoms with Crippen LogP contribution in [0.5, 0.6) is 0 Å². The Hall–Kier alpha value is -0.760. The van der Waals surface area contributed by atoms with Crippen LogP contribution in [-0.2, 0) is 19.4 Å². The molecule has 1 N–H and O–H groups in total. The smallest absolute Gasteiger partial charge is 0.308 e. The first-order chi connectivity index (χ1) is 9.28. The Morgan fingerprint density at radius 1 is 1.35 bits per heavy atom. The Balaban J connectivity index is 1.80. The van der Waals surface area contributed by atoms with Crippen LogP contribution in [0, 0.1) is 11.8 Å². The molecule has 114 valence electrons. The largest absolute Gasteiger partial charge is 0.481 e. The molecule has 0 spiro atoms. The van der Waals surface area contributed by atoms with Crippen LogP contribution in [0.2, 0.25) is 0 Å². The number of nitrogens with zero attached hydrogens (tertiary/aromatic N) is 1. The van der Waals surface area contributed by atoms with Gasteiger partial charge in [-0.3, -0.25) is 9.59 Å². The molecule has 6 nitrogen and oxygen atoms in total. The van der Waals surface area contributed by atoms with Crippen molar-refractivity contribution in [2.45, 2.75) is 18.6 Å². The standard InChI is InChI=1S/C12H19NO5S2/c1-8-4-13(5-10(8)12(15)16)11(14)6-19-9-2-3-20(17,18)7-9/h8-10H,2-7H2,1H3,(H,15,16). The molecule has 8 heteroatoms. The normalized spacial score (nSPS) is 32.5. The van der Waals surface area contributed by atoms with Crippen molar-refractivity contribution < 1.29 is 23.1 Å². The molecule has 2 aliphatic rings. The summed E-state index contributed by atoms with van der Waals surface area (Å²) in [5, 5.41) is 9.03. The van der Waals surface area contributed by atoms with Gasteiger partial charge in [0.1, 0.15) is 0 Å². The van der Waals surface area contributed by atoms with E-state index in [1.165, 1.54) is 11.8 Å². The summed E-state index contributed by atoms with van der Waals surface area (Å²) in [5.41, 5.74) is 0. The maximum absolute atomic E-state index is 12.0. The maximum atomic E-state index is 12.0. The van der Waals surface area contributed by atoms with E-state index >= 15 is 0 Å². The number of hydrogen-bond acceptors (Lipinski definition) is 5. The van der Waals surface area contributed by atoms with Gasteiger partial charge in [-0.2, -0.15) is 0 Å².